The highest BCUT2D eigenvalue weighted by Crippen LogP contribution is 2.33. The summed E-state index contributed by atoms with van der Waals surface area (Å²) < 4.78 is 13.4. The van der Waals surface area contributed by atoms with Gasteiger partial charge in [-0.15, -0.1) is 6.42 Å². The monoisotopic (exact) mass is 595 g/mol. The summed E-state index contributed by atoms with van der Waals surface area (Å²) in [4.78, 5) is 42.9. The zero-order valence-corrected chi connectivity index (χ0v) is 23.1. The summed E-state index contributed by atoms with van der Waals surface area (Å²) in [7, 11) is 0. The molecule has 0 amide bonds. The number of nitro benzene ring substituents is 1. The first-order valence-corrected chi connectivity index (χ1v) is 13.1. The molecule has 0 spiro atoms. The number of allylic oxidation sites excluding steroid dienone is 1. The number of halogens is 1. The molecule has 1 aliphatic rings. The van der Waals surface area contributed by atoms with E-state index in [1.54, 1.807) is 57.2 Å². The molecule has 0 fully saturated rings. The van der Waals surface area contributed by atoms with Gasteiger partial charge in [0.25, 0.3) is 11.2 Å². The Balaban J connectivity index is 1.98. The molecule has 0 aliphatic carbocycles. The molecule has 1 atom stereocenters. The minimum absolute atomic E-state index is 0.0536. The van der Waals surface area contributed by atoms with Crippen LogP contribution < -0.4 is 19.6 Å². The fourth-order valence-electron chi connectivity index (χ4n) is 4.12. The third-order valence-corrected chi connectivity index (χ3v) is 7.31. The quantitative estimate of drug-likeness (QED) is 0.178. The van der Waals surface area contributed by atoms with E-state index in [-0.39, 0.29) is 24.5 Å². The molecule has 0 saturated carbocycles. The summed E-state index contributed by atoms with van der Waals surface area (Å²) in [6, 6.07) is 9.01. The van der Waals surface area contributed by atoms with Crippen LogP contribution in [0.3, 0.4) is 0 Å². The van der Waals surface area contributed by atoms with Crippen LogP contribution in [0.5, 0.6) is 5.75 Å². The van der Waals surface area contributed by atoms with Gasteiger partial charge < -0.3 is 9.47 Å². The number of aryl methyl sites for hydroxylation is 1. The number of benzene rings is 2. The first-order chi connectivity index (χ1) is 18.2. The Labute approximate surface area is 230 Å². The van der Waals surface area contributed by atoms with Gasteiger partial charge >= 0.3 is 5.97 Å². The van der Waals surface area contributed by atoms with Crippen molar-refractivity contribution in [1.82, 2.24) is 4.57 Å². The fourth-order valence-corrected chi connectivity index (χ4v) is 5.54. The van der Waals surface area contributed by atoms with Crippen molar-refractivity contribution in [3.8, 4) is 18.1 Å². The molecule has 0 N–H and O–H groups in total. The van der Waals surface area contributed by atoms with Crippen molar-refractivity contribution in [3.63, 3.8) is 0 Å². The zero-order valence-electron chi connectivity index (χ0n) is 20.7. The SMILES string of the molecule is C#CCOc1ccc(Br)cc1/C=c1/sc2n(c1=O)[C@@H](c1ccc(C)c([N+](=O)[O-])c1)C(C(=O)OCC)=C(C)N=2. The summed E-state index contributed by atoms with van der Waals surface area (Å²) in [5.74, 6) is 2.27. The Morgan fingerprint density at radius 1 is 1.32 bits per heavy atom. The lowest BCUT2D eigenvalue weighted by molar-refractivity contribution is -0.385. The summed E-state index contributed by atoms with van der Waals surface area (Å²) >= 11 is 4.57. The molecular weight excluding hydrogens is 574 g/mol. The molecule has 3 aromatic rings. The molecule has 0 radical (unpaired) electrons. The molecule has 2 aromatic carbocycles. The number of aromatic nitrogens is 1. The Bertz CT molecular complexity index is 1710. The summed E-state index contributed by atoms with van der Waals surface area (Å²) in [5, 5.41) is 11.7. The maximum atomic E-state index is 13.8. The zero-order chi connectivity index (χ0) is 27.6. The highest BCUT2D eigenvalue weighted by atomic mass is 79.9. The number of thiazole rings is 1. The number of nitro groups is 1. The molecule has 11 heteroatoms. The molecular formula is C27H22BrN3O6S. The fraction of sp³-hybridized carbons (Fsp3) is 0.222. The Morgan fingerprint density at radius 2 is 2.08 bits per heavy atom. The number of esters is 1. The average molecular weight is 596 g/mol. The molecule has 38 heavy (non-hydrogen) atoms. The van der Waals surface area contributed by atoms with Gasteiger partial charge in [0.1, 0.15) is 12.4 Å². The van der Waals surface area contributed by atoms with E-state index in [4.69, 9.17) is 15.9 Å². The summed E-state index contributed by atoms with van der Waals surface area (Å²) in [6.45, 7) is 5.12. The van der Waals surface area contributed by atoms with Crippen LogP contribution in [0, 0.1) is 29.4 Å². The molecule has 1 aromatic heterocycles. The number of hydrogen-bond donors (Lipinski definition) is 0. The van der Waals surface area contributed by atoms with Gasteiger partial charge in [0.15, 0.2) is 4.80 Å². The van der Waals surface area contributed by atoms with Crippen molar-refractivity contribution in [2.24, 2.45) is 4.99 Å². The van der Waals surface area contributed by atoms with E-state index in [9.17, 15) is 19.7 Å². The number of terminal acetylenes is 1. The van der Waals surface area contributed by atoms with Crippen LogP contribution in [0.15, 0.2) is 61.9 Å². The van der Waals surface area contributed by atoms with Crippen molar-refractivity contribution < 1.29 is 19.2 Å². The van der Waals surface area contributed by atoms with Gasteiger partial charge in [0, 0.05) is 21.7 Å². The second-order valence-electron chi connectivity index (χ2n) is 8.28. The maximum Gasteiger partial charge on any atom is 0.338 e. The van der Waals surface area contributed by atoms with Gasteiger partial charge in [0.2, 0.25) is 0 Å². The summed E-state index contributed by atoms with van der Waals surface area (Å²) in [6.07, 6.45) is 7.00. The lowest BCUT2D eigenvalue weighted by Crippen LogP contribution is -2.40. The summed E-state index contributed by atoms with van der Waals surface area (Å²) in [5.41, 5.74) is 1.44. The van der Waals surface area contributed by atoms with E-state index >= 15 is 0 Å². The number of nitrogens with zero attached hydrogens (tertiary/aromatic N) is 3. The van der Waals surface area contributed by atoms with E-state index in [0.29, 0.717) is 37.5 Å². The van der Waals surface area contributed by atoms with Crippen molar-refractivity contribution in [1.29, 1.82) is 0 Å². The minimum Gasteiger partial charge on any atom is -0.480 e. The second kappa shape index (κ2) is 11.2. The van der Waals surface area contributed by atoms with Crippen LogP contribution in [0.25, 0.3) is 6.08 Å². The first kappa shape index (κ1) is 27.0. The minimum atomic E-state index is -0.966. The van der Waals surface area contributed by atoms with Gasteiger partial charge in [-0.05, 0) is 50.6 Å². The highest BCUT2D eigenvalue weighted by molar-refractivity contribution is 9.10. The number of hydrogen-bond acceptors (Lipinski definition) is 8. The molecule has 2 heterocycles. The van der Waals surface area contributed by atoms with Crippen LogP contribution in [0.1, 0.15) is 36.6 Å². The number of rotatable bonds is 7. The number of ether oxygens (including phenoxy) is 2. The Morgan fingerprint density at radius 3 is 2.76 bits per heavy atom. The predicted octanol–water partition coefficient (Wildman–Crippen LogP) is 3.79. The molecule has 194 valence electrons. The van der Waals surface area contributed by atoms with Gasteiger partial charge in [-0.2, -0.15) is 0 Å². The lowest BCUT2D eigenvalue weighted by atomic mass is 9.94. The van der Waals surface area contributed by atoms with Crippen LogP contribution in [0.2, 0.25) is 0 Å². The molecule has 0 saturated heterocycles. The van der Waals surface area contributed by atoms with Crippen molar-refractivity contribution >= 4 is 45.0 Å². The van der Waals surface area contributed by atoms with Gasteiger partial charge in [-0.3, -0.25) is 19.5 Å². The number of carbonyl (C=O) groups is 1. The standard InChI is InChI=1S/C27H22BrN3O6S/c1-5-11-37-21-10-9-19(28)12-18(21)14-22-25(32)30-24(17-8-7-15(3)20(13-17)31(34)35)23(26(33)36-6-2)16(4)29-27(30)38-22/h1,7-10,12-14,24H,6,11H2,2-4H3/b22-14+/t24-/m0/s1. The molecule has 4 rings (SSSR count). The number of carbonyl (C=O) groups excluding carboxylic acids is 1. The smallest absolute Gasteiger partial charge is 0.338 e. The molecule has 0 unspecified atom stereocenters. The van der Waals surface area contributed by atoms with Crippen molar-refractivity contribution in [3.05, 3.63) is 98.6 Å². The maximum absolute atomic E-state index is 13.8. The normalized spacial score (nSPS) is 14.9. The van der Waals surface area contributed by atoms with E-state index in [2.05, 4.69) is 26.8 Å². The van der Waals surface area contributed by atoms with Crippen LogP contribution in [-0.2, 0) is 9.53 Å². The number of fused-ring (bicyclic) bond motifs is 1. The second-order valence-corrected chi connectivity index (χ2v) is 10.2. The van der Waals surface area contributed by atoms with Gasteiger partial charge in [0.05, 0.1) is 33.4 Å². The van der Waals surface area contributed by atoms with E-state index in [0.717, 1.165) is 15.8 Å². The third kappa shape index (κ3) is 5.18. The van der Waals surface area contributed by atoms with Crippen LogP contribution in [0.4, 0.5) is 5.69 Å². The Hall–Kier alpha value is -4.01. The third-order valence-electron chi connectivity index (χ3n) is 5.83. The van der Waals surface area contributed by atoms with E-state index < -0.39 is 22.5 Å². The largest absolute Gasteiger partial charge is 0.480 e. The molecule has 1 aliphatic heterocycles. The highest BCUT2D eigenvalue weighted by Gasteiger charge is 2.34. The molecule has 0 bridgehead atoms. The molecule has 9 nitrogen and oxygen atoms in total. The van der Waals surface area contributed by atoms with E-state index in [1.165, 1.54) is 10.6 Å². The topological polar surface area (TPSA) is 113 Å². The van der Waals surface area contributed by atoms with Gasteiger partial charge in [-0.1, -0.05) is 45.3 Å². The van der Waals surface area contributed by atoms with Gasteiger partial charge in [-0.25, -0.2) is 9.79 Å². The lowest BCUT2D eigenvalue weighted by Gasteiger charge is -2.24. The van der Waals surface area contributed by atoms with Crippen LogP contribution >= 0.6 is 27.3 Å². The predicted molar refractivity (Wildman–Crippen MR) is 147 cm³/mol. The first-order valence-electron chi connectivity index (χ1n) is 11.5. The van der Waals surface area contributed by atoms with Crippen molar-refractivity contribution in [2.45, 2.75) is 26.8 Å². The van der Waals surface area contributed by atoms with Crippen molar-refractivity contribution in [2.75, 3.05) is 13.2 Å². The average Bonchev–Trinajstić information content (AvgIpc) is 3.17. The Kier molecular flexibility index (Phi) is 7.94. The van der Waals surface area contributed by atoms with Crippen LogP contribution in [-0.4, -0.2) is 28.7 Å². The van der Waals surface area contributed by atoms with E-state index in [1.807, 2.05) is 0 Å².